The molecule has 0 aliphatic carbocycles. The first-order valence-electron chi connectivity index (χ1n) is 5.80. The minimum atomic E-state index is -1.14. The summed E-state index contributed by atoms with van der Waals surface area (Å²) in [7, 11) is 0. The molecule has 5 nitrogen and oxygen atoms in total. The van der Waals surface area contributed by atoms with Crippen LogP contribution in [0.1, 0.15) is 37.0 Å². The highest BCUT2D eigenvalue weighted by molar-refractivity contribution is 5.88. The molecular weight excluding hydrogens is 234 g/mol. The maximum atomic E-state index is 11.0. The van der Waals surface area contributed by atoms with Crippen molar-refractivity contribution in [3.8, 4) is 5.75 Å². The molecule has 1 unspecified atom stereocenters. The Morgan fingerprint density at radius 2 is 2.11 bits per heavy atom. The van der Waals surface area contributed by atoms with Gasteiger partial charge in [-0.1, -0.05) is 13.8 Å². The van der Waals surface area contributed by atoms with Gasteiger partial charge in [-0.25, -0.2) is 9.78 Å². The summed E-state index contributed by atoms with van der Waals surface area (Å²) in [6, 6.07) is 3.23. The number of aliphatic hydroxyl groups is 1. The first-order valence-corrected chi connectivity index (χ1v) is 5.80. The molecule has 0 saturated carbocycles. The van der Waals surface area contributed by atoms with Crippen molar-refractivity contribution < 1.29 is 19.7 Å². The van der Waals surface area contributed by atoms with E-state index in [2.05, 4.69) is 4.98 Å². The Kier molecular flexibility index (Phi) is 4.29. The van der Waals surface area contributed by atoms with Gasteiger partial charge in [0.05, 0.1) is 5.60 Å². The lowest BCUT2D eigenvalue weighted by Gasteiger charge is -2.27. The highest BCUT2D eigenvalue weighted by Gasteiger charge is 2.26. The molecule has 0 amide bonds. The Bertz CT molecular complexity index is 441. The fraction of sp³-hybridized carbons (Fsp3) is 0.538. The van der Waals surface area contributed by atoms with Crippen LogP contribution in [0.25, 0.3) is 0 Å². The van der Waals surface area contributed by atoms with E-state index in [1.807, 2.05) is 13.8 Å². The van der Waals surface area contributed by atoms with Crippen molar-refractivity contribution in [2.75, 3.05) is 6.61 Å². The number of carboxylic acid groups (broad SMARTS) is 1. The van der Waals surface area contributed by atoms with Crippen LogP contribution >= 0.6 is 0 Å². The minimum Gasteiger partial charge on any atom is -0.488 e. The van der Waals surface area contributed by atoms with Gasteiger partial charge in [-0.3, -0.25) is 0 Å². The Hall–Kier alpha value is -1.62. The van der Waals surface area contributed by atoms with Gasteiger partial charge in [-0.05, 0) is 31.9 Å². The minimum absolute atomic E-state index is 0.00388. The van der Waals surface area contributed by atoms with Crippen LogP contribution in [-0.2, 0) is 0 Å². The summed E-state index contributed by atoms with van der Waals surface area (Å²) in [6.45, 7) is 7.12. The third-order valence-electron chi connectivity index (χ3n) is 2.96. The molecule has 0 aliphatic heterocycles. The Balaban J connectivity index is 2.89. The highest BCUT2D eigenvalue weighted by Crippen LogP contribution is 2.21. The lowest BCUT2D eigenvalue weighted by Crippen LogP contribution is -2.38. The van der Waals surface area contributed by atoms with Crippen LogP contribution in [0.15, 0.2) is 12.1 Å². The fourth-order valence-electron chi connectivity index (χ4n) is 1.20. The molecule has 1 rings (SSSR count). The molecule has 0 saturated heterocycles. The van der Waals surface area contributed by atoms with Crippen LogP contribution in [0.3, 0.4) is 0 Å². The molecule has 100 valence electrons. The molecule has 1 aromatic rings. The summed E-state index contributed by atoms with van der Waals surface area (Å²) >= 11 is 0. The summed E-state index contributed by atoms with van der Waals surface area (Å²) < 4.78 is 5.39. The highest BCUT2D eigenvalue weighted by atomic mass is 16.5. The SMILES string of the molecule is Cc1ccc(OCC(C)(O)C(C)C)c(C(=O)O)n1. The molecule has 2 N–H and O–H groups in total. The van der Waals surface area contributed by atoms with Crippen molar-refractivity contribution in [2.45, 2.75) is 33.3 Å². The first kappa shape index (κ1) is 14.4. The molecule has 1 heterocycles. The van der Waals surface area contributed by atoms with Crippen LogP contribution in [0.5, 0.6) is 5.75 Å². The Labute approximate surface area is 106 Å². The normalized spacial score (nSPS) is 14.3. The van der Waals surface area contributed by atoms with Gasteiger partial charge in [0, 0.05) is 5.69 Å². The molecule has 1 aromatic heterocycles. The smallest absolute Gasteiger partial charge is 0.358 e. The van der Waals surface area contributed by atoms with Crippen molar-refractivity contribution in [2.24, 2.45) is 5.92 Å². The van der Waals surface area contributed by atoms with E-state index < -0.39 is 11.6 Å². The molecule has 5 heteroatoms. The number of hydrogen-bond donors (Lipinski definition) is 2. The van der Waals surface area contributed by atoms with Gasteiger partial charge in [0.2, 0.25) is 0 Å². The molecule has 0 radical (unpaired) electrons. The lowest BCUT2D eigenvalue weighted by atomic mass is 9.94. The lowest BCUT2D eigenvalue weighted by molar-refractivity contribution is -0.0270. The molecule has 0 aliphatic rings. The number of ether oxygens (including phenoxy) is 1. The zero-order chi connectivity index (χ0) is 13.9. The first-order chi connectivity index (χ1) is 8.24. The fourth-order valence-corrected chi connectivity index (χ4v) is 1.20. The quantitative estimate of drug-likeness (QED) is 0.837. The molecule has 0 bridgehead atoms. The number of aromatic carboxylic acids is 1. The average Bonchev–Trinajstić information content (AvgIpc) is 2.27. The van der Waals surface area contributed by atoms with E-state index in [0.717, 1.165) is 0 Å². The third-order valence-corrected chi connectivity index (χ3v) is 2.96. The number of pyridine rings is 1. The van der Waals surface area contributed by atoms with Crippen LogP contribution in [-0.4, -0.2) is 33.4 Å². The predicted molar refractivity (Wildman–Crippen MR) is 66.9 cm³/mol. The molecule has 0 aromatic carbocycles. The van der Waals surface area contributed by atoms with Gasteiger partial charge in [0.15, 0.2) is 11.4 Å². The number of carbonyl (C=O) groups is 1. The van der Waals surface area contributed by atoms with E-state index in [-0.39, 0.29) is 24.0 Å². The second-order valence-corrected chi connectivity index (χ2v) is 4.91. The predicted octanol–water partition coefficient (Wildman–Crippen LogP) is 1.87. The number of aromatic nitrogens is 1. The molecule has 18 heavy (non-hydrogen) atoms. The number of aryl methyl sites for hydroxylation is 1. The van der Waals surface area contributed by atoms with Crippen molar-refractivity contribution >= 4 is 5.97 Å². The van der Waals surface area contributed by atoms with E-state index in [1.54, 1.807) is 26.0 Å². The summed E-state index contributed by atoms with van der Waals surface area (Å²) in [6.07, 6.45) is 0. The zero-order valence-corrected chi connectivity index (χ0v) is 11.1. The average molecular weight is 253 g/mol. The van der Waals surface area contributed by atoms with Crippen LogP contribution in [0, 0.1) is 12.8 Å². The van der Waals surface area contributed by atoms with E-state index in [1.165, 1.54) is 0 Å². The number of hydrogen-bond acceptors (Lipinski definition) is 4. The molecule has 1 atom stereocenters. The summed E-state index contributed by atoms with van der Waals surface area (Å²) in [4.78, 5) is 14.9. The Morgan fingerprint density at radius 3 is 2.61 bits per heavy atom. The monoisotopic (exact) mass is 253 g/mol. The van der Waals surface area contributed by atoms with Crippen LogP contribution in [0.4, 0.5) is 0 Å². The van der Waals surface area contributed by atoms with Crippen molar-refractivity contribution in [1.82, 2.24) is 4.98 Å². The standard InChI is InChI=1S/C13H19NO4/c1-8(2)13(4,17)7-18-10-6-5-9(3)14-11(10)12(15)16/h5-6,8,17H,7H2,1-4H3,(H,15,16). The second-order valence-electron chi connectivity index (χ2n) is 4.91. The largest absolute Gasteiger partial charge is 0.488 e. The van der Waals surface area contributed by atoms with E-state index in [9.17, 15) is 9.90 Å². The van der Waals surface area contributed by atoms with Crippen LogP contribution < -0.4 is 4.74 Å². The van der Waals surface area contributed by atoms with Gasteiger partial charge in [-0.2, -0.15) is 0 Å². The third kappa shape index (κ3) is 3.43. The van der Waals surface area contributed by atoms with E-state index in [4.69, 9.17) is 9.84 Å². The summed E-state index contributed by atoms with van der Waals surface area (Å²) in [5.41, 5.74) is -0.536. The van der Waals surface area contributed by atoms with Gasteiger partial charge in [-0.15, -0.1) is 0 Å². The molecular formula is C13H19NO4. The maximum absolute atomic E-state index is 11.0. The topological polar surface area (TPSA) is 79.7 Å². The maximum Gasteiger partial charge on any atom is 0.358 e. The van der Waals surface area contributed by atoms with Crippen molar-refractivity contribution in [1.29, 1.82) is 0 Å². The molecule has 0 spiro atoms. The second kappa shape index (κ2) is 5.35. The van der Waals surface area contributed by atoms with E-state index in [0.29, 0.717) is 5.69 Å². The number of nitrogens with zero attached hydrogens (tertiary/aromatic N) is 1. The number of rotatable bonds is 5. The van der Waals surface area contributed by atoms with Crippen molar-refractivity contribution in [3.63, 3.8) is 0 Å². The summed E-state index contributed by atoms with van der Waals surface area (Å²) in [5, 5.41) is 19.1. The number of carboxylic acids is 1. The van der Waals surface area contributed by atoms with Gasteiger partial charge < -0.3 is 14.9 Å². The van der Waals surface area contributed by atoms with Gasteiger partial charge in [0.25, 0.3) is 0 Å². The Morgan fingerprint density at radius 1 is 1.50 bits per heavy atom. The van der Waals surface area contributed by atoms with Gasteiger partial charge in [0.1, 0.15) is 6.61 Å². The van der Waals surface area contributed by atoms with Crippen LogP contribution in [0.2, 0.25) is 0 Å². The molecule has 0 fully saturated rings. The van der Waals surface area contributed by atoms with Crippen molar-refractivity contribution in [3.05, 3.63) is 23.5 Å². The van der Waals surface area contributed by atoms with Gasteiger partial charge >= 0.3 is 5.97 Å². The van der Waals surface area contributed by atoms with E-state index >= 15 is 0 Å². The summed E-state index contributed by atoms with van der Waals surface area (Å²) in [5.74, 6) is -0.962. The zero-order valence-electron chi connectivity index (χ0n) is 11.1.